The summed E-state index contributed by atoms with van der Waals surface area (Å²) in [5.74, 6) is -1.32. The Bertz CT molecular complexity index is 527. The fourth-order valence-corrected chi connectivity index (χ4v) is 2.17. The molecule has 0 aliphatic rings. The van der Waals surface area contributed by atoms with Gasteiger partial charge in [-0.05, 0) is 19.1 Å². The molecule has 0 amide bonds. The third kappa shape index (κ3) is 3.95. The van der Waals surface area contributed by atoms with Gasteiger partial charge in [0.1, 0.15) is 4.90 Å². The molecule has 0 saturated carbocycles. The van der Waals surface area contributed by atoms with Crippen molar-refractivity contribution >= 4 is 19.7 Å². The summed E-state index contributed by atoms with van der Waals surface area (Å²) >= 11 is 0. The number of ether oxygens (including phenoxy) is 2. The predicted molar refractivity (Wildman–Crippen MR) is 57.3 cm³/mol. The summed E-state index contributed by atoms with van der Waals surface area (Å²) in [6.07, 6.45) is -4.96. The molecule has 0 atom stereocenters. The molecule has 0 aliphatic carbocycles. The SMILES string of the molecule is CCOc1c(OC(F)(F)F)cccc1S(=O)(=O)Cl. The standard InChI is InChI=1S/C9H8ClF3O4S/c1-2-16-8-6(17-9(11,12)13)4-3-5-7(8)18(10,14)15/h3-5H,2H2,1H3. The second-order valence-electron chi connectivity index (χ2n) is 3.00. The monoisotopic (exact) mass is 304 g/mol. The van der Waals surface area contributed by atoms with E-state index in [0.717, 1.165) is 18.2 Å². The quantitative estimate of drug-likeness (QED) is 0.803. The number of rotatable bonds is 4. The van der Waals surface area contributed by atoms with E-state index in [-0.39, 0.29) is 6.61 Å². The molecule has 0 spiro atoms. The van der Waals surface area contributed by atoms with E-state index in [1.165, 1.54) is 6.92 Å². The Labute approximate surface area is 106 Å². The summed E-state index contributed by atoms with van der Waals surface area (Å²) in [5, 5.41) is 0. The second-order valence-corrected chi connectivity index (χ2v) is 5.54. The van der Waals surface area contributed by atoms with E-state index < -0.39 is 31.8 Å². The largest absolute Gasteiger partial charge is 0.573 e. The number of benzene rings is 1. The molecule has 18 heavy (non-hydrogen) atoms. The Morgan fingerprint density at radius 3 is 2.39 bits per heavy atom. The minimum Gasteiger partial charge on any atom is -0.489 e. The summed E-state index contributed by atoms with van der Waals surface area (Å²) in [4.78, 5) is -0.576. The summed E-state index contributed by atoms with van der Waals surface area (Å²) in [5.41, 5.74) is 0. The molecule has 0 radical (unpaired) electrons. The third-order valence-electron chi connectivity index (χ3n) is 1.72. The van der Waals surface area contributed by atoms with Gasteiger partial charge in [-0.3, -0.25) is 0 Å². The van der Waals surface area contributed by atoms with Crippen LogP contribution in [0.2, 0.25) is 0 Å². The van der Waals surface area contributed by atoms with Gasteiger partial charge in [0.15, 0.2) is 11.5 Å². The summed E-state index contributed by atoms with van der Waals surface area (Å²) in [6, 6.07) is 3.03. The lowest BCUT2D eigenvalue weighted by molar-refractivity contribution is -0.275. The highest BCUT2D eigenvalue weighted by Crippen LogP contribution is 2.38. The summed E-state index contributed by atoms with van der Waals surface area (Å²) < 4.78 is 67.3. The number of hydrogen-bond donors (Lipinski definition) is 0. The van der Waals surface area contributed by atoms with Crippen LogP contribution in [0.1, 0.15) is 6.92 Å². The first-order chi connectivity index (χ1) is 8.15. The van der Waals surface area contributed by atoms with Crippen LogP contribution < -0.4 is 9.47 Å². The number of para-hydroxylation sites is 1. The normalized spacial score (nSPS) is 12.3. The Morgan fingerprint density at radius 2 is 1.94 bits per heavy atom. The molecule has 0 saturated heterocycles. The van der Waals surface area contributed by atoms with Gasteiger partial charge in [-0.1, -0.05) is 6.07 Å². The molecule has 1 aromatic rings. The predicted octanol–water partition coefficient (Wildman–Crippen LogP) is 2.91. The van der Waals surface area contributed by atoms with E-state index in [0.29, 0.717) is 0 Å². The Balaban J connectivity index is 3.35. The fourth-order valence-electron chi connectivity index (χ4n) is 1.18. The molecule has 0 unspecified atom stereocenters. The lowest BCUT2D eigenvalue weighted by atomic mass is 10.3. The zero-order valence-electron chi connectivity index (χ0n) is 8.99. The molecular weight excluding hydrogens is 297 g/mol. The first-order valence-electron chi connectivity index (χ1n) is 4.61. The summed E-state index contributed by atoms with van der Waals surface area (Å²) in [7, 11) is 0.864. The molecule has 102 valence electrons. The zero-order valence-corrected chi connectivity index (χ0v) is 10.6. The lowest BCUT2D eigenvalue weighted by Gasteiger charge is -2.15. The molecular formula is C9H8ClF3O4S. The van der Waals surface area contributed by atoms with Crippen molar-refractivity contribution in [2.75, 3.05) is 6.61 Å². The molecule has 1 rings (SSSR count). The molecule has 9 heteroatoms. The van der Waals surface area contributed by atoms with Gasteiger partial charge in [0.05, 0.1) is 6.61 Å². The van der Waals surface area contributed by atoms with Crippen LogP contribution in [0.25, 0.3) is 0 Å². The van der Waals surface area contributed by atoms with Crippen molar-refractivity contribution in [2.24, 2.45) is 0 Å². The van der Waals surface area contributed by atoms with Crippen LogP contribution in [-0.2, 0) is 9.05 Å². The minimum atomic E-state index is -4.96. The van der Waals surface area contributed by atoms with E-state index in [2.05, 4.69) is 4.74 Å². The van der Waals surface area contributed by atoms with E-state index in [4.69, 9.17) is 15.4 Å². The highest BCUT2D eigenvalue weighted by Gasteiger charge is 2.34. The molecule has 0 heterocycles. The van der Waals surface area contributed by atoms with Crippen LogP contribution in [0.5, 0.6) is 11.5 Å². The maximum Gasteiger partial charge on any atom is 0.573 e. The first-order valence-corrected chi connectivity index (χ1v) is 6.92. The molecule has 0 fully saturated rings. The maximum absolute atomic E-state index is 12.1. The average Bonchev–Trinajstić information content (AvgIpc) is 2.17. The zero-order chi connectivity index (χ0) is 14.0. The fraction of sp³-hybridized carbons (Fsp3) is 0.333. The van der Waals surface area contributed by atoms with Gasteiger partial charge >= 0.3 is 6.36 Å². The number of alkyl halides is 3. The maximum atomic E-state index is 12.1. The van der Waals surface area contributed by atoms with Crippen molar-refractivity contribution in [3.05, 3.63) is 18.2 Å². The second kappa shape index (κ2) is 5.23. The topological polar surface area (TPSA) is 52.6 Å². The van der Waals surface area contributed by atoms with E-state index in [9.17, 15) is 21.6 Å². The van der Waals surface area contributed by atoms with Crippen molar-refractivity contribution in [1.29, 1.82) is 0 Å². The van der Waals surface area contributed by atoms with Gasteiger partial charge in [0, 0.05) is 10.7 Å². The minimum absolute atomic E-state index is 0.0440. The lowest BCUT2D eigenvalue weighted by Crippen LogP contribution is -2.18. The Hall–Kier alpha value is -1.15. The first kappa shape index (κ1) is 14.9. The van der Waals surface area contributed by atoms with E-state index in [1.807, 2.05) is 0 Å². The smallest absolute Gasteiger partial charge is 0.489 e. The molecule has 0 bridgehead atoms. The summed E-state index contributed by atoms with van der Waals surface area (Å²) in [6.45, 7) is 1.44. The molecule has 0 aliphatic heterocycles. The van der Waals surface area contributed by atoms with Gasteiger partial charge in [-0.25, -0.2) is 8.42 Å². The van der Waals surface area contributed by atoms with Crippen LogP contribution in [0, 0.1) is 0 Å². The Kier molecular flexibility index (Phi) is 4.33. The van der Waals surface area contributed by atoms with Crippen molar-refractivity contribution < 1.29 is 31.1 Å². The van der Waals surface area contributed by atoms with Crippen LogP contribution in [0.15, 0.2) is 23.1 Å². The van der Waals surface area contributed by atoms with Gasteiger partial charge in [0.2, 0.25) is 0 Å². The highest BCUT2D eigenvalue weighted by atomic mass is 35.7. The van der Waals surface area contributed by atoms with Gasteiger partial charge in [-0.15, -0.1) is 13.2 Å². The van der Waals surface area contributed by atoms with Crippen molar-refractivity contribution in [3.8, 4) is 11.5 Å². The number of hydrogen-bond acceptors (Lipinski definition) is 4. The molecule has 4 nitrogen and oxygen atoms in total. The van der Waals surface area contributed by atoms with Crippen LogP contribution in [0.3, 0.4) is 0 Å². The van der Waals surface area contributed by atoms with E-state index >= 15 is 0 Å². The Morgan fingerprint density at radius 1 is 1.33 bits per heavy atom. The van der Waals surface area contributed by atoms with Crippen LogP contribution in [-0.4, -0.2) is 21.4 Å². The number of halogens is 4. The van der Waals surface area contributed by atoms with Crippen molar-refractivity contribution in [3.63, 3.8) is 0 Å². The van der Waals surface area contributed by atoms with Crippen molar-refractivity contribution in [1.82, 2.24) is 0 Å². The van der Waals surface area contributed by atoms with Crippen molar-refractivity contribution in [2.45, 2.75) is 18.2 Å². The van der Waals surface area contributed by atoms with Gasteiger partial charge in [-0.2, -0.15) is 0 Å². The van der Waals surface area contributed by atoms with Crippen LogP contribution in [0.4, 0.5) is 13.2 Å². The van der Waals surface area contributed by atoms with Gasteiger partial charge in [0.25, 0.3) is 9.05 Å². The highest BCUT2D eigenvalue weighted by molar-refractivity contribution is 8.13. The molecule has 1 aromatic carbocycles. The molecule has 0 N–H and O–H groups in total. The van der Waals surface area contributed by atoms with Crippen LogP contribution >= 0.6 is 10.7 Å². The van der Waals surface area contributed by atoms with E-state index in [1.54, 1.807) is 0 Å². The molecule has 0 aromatic heterocycles. The third-order valence-corrected chi connectivity index (χ3v) is 3.07. The average molecular weight is 305 g/mol. The van der Waals surface area contributed by atoms with Gasteiger partial charge < -0.3 is 9.47 Å².